The van der Waals surface area contributed by atoms with Crippen LogP contribution in [0, 0.1) is 0 Å². The van der Waals surface area contributed by atoms with Gasteiger partial charge in [0.15, 0.2) is 0 Å². The molecule has 0 amide bonds. The Kier molecular flexibility index (Phi) is 6.54. The van der Waals surface area contributed by atoms with Gasteiger partial charge in [-0.05, 0) is 19.4 Å². The van der Waals surface area contributed by atoms with Gasteiger partial charge < -0.3 is 9.47 Å². The number of hydrogen-bond donors (Lipinski definition) is 0. The van der Waals surface area contributed by atoms with Crippen molar-refractivity contribution in [2.24, 2.45) is 0 Å². The van der Waals surface area contributed by atoms with Crippen LogP contribution in [0.15, 0.2) is 42.5 Å². The van der Waals surface area contributed by atoms with Gasteiger partial charge in [0.25, 0.3) is 0 Å². The topological polar surface area (TPSA) is 18.5 Å². The fourth-order valence-corrected chi connectivity index (χ4v) is 1.26. The van der Waals surface area contributed by atoms with Gasteiger partial charge in [0.1, 0.15) is 0 Å². The third kappa shape index (κ3) is 5.69. The first-order chi connectivity index (χ1) is 7.83. The van der Waals surface area contributed by atoms with Gasteiger partial charge in [-0.15, -0.1) is 0 Å². The van der Waals surface area contributed by atoms with E-state index in [4.69, 9.17) is 9.47 Å². The molecule has 2 nitrogen and oxygen atoms in total. The zero-order valence-corrected chi connectivity index (χ0v) is 10.1. The summed E-state index contributed by atoms with van der Waals surface area (Å²) < 4.78 is 11.1. The van der Waals surface area contributed by atoms with E-state index < -0.39 is 0 Å². The molecular formula is C14H20O2. The summed E-state index contributed by atoms with van der Waals surface area (Å²) in [5, 5.41) is 0. The Balaban J connectivity index is 2.13. The second kappa shape index (κ2) is 8.08. The zero-order valence-electron chi connectivity index (χ0n) is 10.1. The summed E-state index contributed by atoms with van der Waals surface area (Å²) in [7, 11) is 0. The minimum atomic E-state index is 0.130. The van der Waals surface area contributed by atoms with Crippen molar-refractivity contribution in [1.29, 1.82) is 0 Å². The Hall–Kier alpha value is -1.12. The summed E-state index contributed by atoms with van der Waals surface area (Å²) in [5.74, 6) is 0. The summed E-state index contributed by atoms with van der Waals surface area (Å²) >= 11 is 0. The first-order valence-corrected chi connectivity index (χ1v) is 5.67. The van der Waals surface area contributed by atoms with Gasteiger partial charge in [-0.3, -0.25) is 0 Å². The fraction of sp³-hybridized carbons (Fsp3) is 0.429. The van der Waals surface area contributed by atoms with Crippen LogP contribution in [0.25, 0.3) is 0 Å². The van der Waals surface area contributed by atoms with E-state index in [1.807, 2.05) is 44.2 Å². The Morgan fingerprint density at radius 1 is 1.25 bits per heavy atom. The Bertz CT molecular complexity index is 293. The van der Waals surface area contributed by atoms with Gasteiger partial charge in [-0.1, -0.05) is 42.5 Å². The van der Waals surface area contributed by atoms with E-state index >= 15 is 0 Å². The van der Waals surface area contributed by atoms with Gasteiger partial charge in [0.2, 0.25) is 0 Å². The average Bonchev–Trinajstić information content (AvgIpc) is 2.33. The van der Waals surface area contributed by atoms with Gasteiger partial charge in [-0.25, -0.2) is 0 Å². The van der Waals surface area contributed by atoms with Crippen molar-refractivity contribution in [3.8, 4) is 0 Å². The molecule has 0 saturated carbocycles. The van der Waals surface area contributed by atoms with Gasteiger partial charge in [-0.2, -0.15) is 0 Å². The molecule has 0 aliphatic carbocycles. The van der Waals surface area contributed by atoms with Crippen LogP contribution in [0.4, 0.5) is 0 Å². The van der Waals surface area contributed by atoms with Crippen LogP contribution in [0.5, 0.6) is 0 Å². The first-order valence-electron chi connectivity index (χ1n) is 5.67. The zero-order chi connectivity index (χ0) is 11.6. The molecule has 1 aromatic carbocycles. The lowest BCUT2D eigenvalue weighted by Gasteiger charge is -2.12. The fourth-order valence-electron chi connectivity index (χ4n) is 1.26. The highest BCUT2D eigenvalue weighted by Crippen LogP contribution is 2.03. The number of rotatable bonds is 7. The second-order valence-corrected chi connectivity index (χ2v) is 3.71. The van der Waals surface area contributed by atoms with Crippen LogP contribution in [0.2, 0.25) is 0 Å². The van der Waals surface area contributed by atoms with Crippen LogP contribution < -0.4 is 0 Å². The molecular weight excluding hydrogens is 200 g/mol. The highest BCUT2D eigenvalue weighted by Gasteiger charge is 2.01. The Morgan fingerprint density at radius 2 is 2.00 bits per heavy atom. The summed E-state index contributed by atoms with van der Waals surface area (Å²) in [6.07, 6.45) is 4.10. The van der Waals surface area contributed by atoms with Crippen molar-refractivity contribution in [2.75, 3.05) is 13.2 Å². The molecule has 0 aromatic heterocycles. The van der Waals surface area contributed by atoms with E-state index in [1.54, 1.807) is 0 Å². The summed E-state index contributed by atoms with van der Waals surface area (Å²) in [6.45, 7) is 5.96. The molecule has 1 aromatic rings. The lowest BCUT2D eigenvalue weighted by atomic mass is 10.2. The Morgan fingerprint density at radius 3 is 2.69 bits per heavy atom. The van der Waals surface area contributed by atoms with E-state index in [9.17, 15) is 0 Å². The highest BCUT2D eigenvalue weighted by molar-refractivity contribution is 5.13. The average molecular weight is 220 g/mol. The van der Waals surface area contributed by atoms with Gasteiger partial charge in [0, 0.05) is 0 Å². The van der Waals surface area contributed by atoms with Crippen LogP contribution >= 0.6 is 0 Å². The molecule has 16 heavy (non-hydrogen) atoms. The molecule has 1 rings (SSSR count). The normalized spacial score (nSPS) is 13.1. The predicted octanol–water partition coefficient (Wildman–Crippen LogP) is 3.18. The lowest BCUT2D eigenvalue weighted by molar-refractivity contribution is -0.00814. The molecule has 0 saturated heterocycles. The van der Waals surface area contributed by atoms with Crippen molar-refractivity contribution < 1.29 is 9.47 Å². The maximum atomic E-state index is 5.66. The highest BCUT2D eigenvalue weighted by atomic mass is 16.5. The predicted molar refractivity (Wildman–Crippen MR) is 66.3 cm³/mol. The number of hydrogen-bond acceptors (Lipinski definition) is 2. The Labute approximate surface area is 97.9 Å². The molecule has 0 aliphatic heterocycles. The van der Waals surface area contributed by atoms with Crippen LogP contribution in [0.1, 0.15) is 19.4 Å². The number of allylic oxidation sites excluding steroid dienone is 1. The third-order valence-corrected chi connectivity index (χ3v) is 2.18. The second-order valence-electron chi connectivity index (χ2n) is 3.71. The monoisotopic (exact) mass is 220 g/mol. The molecule has 0 N–H and O–H groups in total. The van der Waals surface area contributed by atoms with Crippen molar-refractivity contribution in [1.82, 2.24) is 0 Å². The molecule has 0 radical (unpaired) electrons. The molecule has 0 aliphatic rings. The smallest absolute Gasteiger partial charge is 0.0785 e. The molecule has 88 valence electrons. The molecule has 0 unspecified atom stereocenters. The van der Waals surface area contributed by atoms with E-state index in [0.29, 0.717) is 19.8 Å². The molecule has 2 heteroatoms. The minimum absolute atomic E-state index is 0.130. The minimum Gasteiger partial charge on any atom is -0.375 e. The van der Waals surface area contributed by atoms with Crippen molar-refractivity contribution in [2.45, 2.75) is 26.6 Å². The summed E-state index contributed by atoms with van der Waals surface area (Å²) in [6, 6.07) is 10.2. The van der Waals surface area contributed by atoms with Crippen LogP contribution in [-0.4, -0.2) is 19.3 Å². The summed E-state index contributed by atoms with van der Waals surface area (Å²) in [5.41, 5.74) is 1.20. The van der Waals surface area contributed by atoms with Crippen LogP contribution in [-0.2, 0) is 16.1 Å². The molecule has 0 fully saturated rings. The van der Waals surface area contributed by atoms with E-state index in [-0.39, 0.29) is 6.10 Å². The van der Waals surface area contributed by atoms with Crippen molar-refractivity contribution in [3.63, 3.8) is 0 Å². The molecule has 0 heterocycles. The molecule has 1 atom stereocenters. The van der Waals surface area contributed by atoms with Gasteiger partial charge >= 0.3 is 0 Å². The lowest BCUT2D eigenvalue weighted by Crippen LogP contribution is -2.15. The largest absolute Gasteiger partial charge is 0.375 e. The quantitative estimate of drug-likeness (QED) is 0.519. The standard InChI is InChI=1S/C14H20O2/c1-3-4-10-15-11-13(2)16-12-14-8-6-5-7-9-14/h3-9,13H,10-12H2,1-2H3/b4-3+/t13-/m0/s1. The van der Waals surface area contributed by atoms with Gasteiger partial charge in [0.05, 0.1) is 25.9 Å². The number of benzene rings is 1. The molecule has 0 bridgehead atoms. The first kappa shape index (κ1) is 12.9. The van der Waals surface area contributed by atoms with E-state index in [1.165, 1.54) is 5.56 Å². The van der Waals surface area contributed by atoms with E-state index in [2.05, 4.69) is 12.1 Å². The van der Waals surface area contributed by atoms with Crippen molar-refractivity contribution >= 4 is 0 Å². The maximum absolute atomic E-state index is 5.66. The maximum Gasteiger partial charge on any atom is 0.0785 e. The number of ether oxygens (including phenoxy) is 2. The SMILES string of the molecule is C/C=C/COC[C@H](C)OCc1ccccc1. The third-order valence-electron chi connectivity index (χ3n) is 2.18. The van der Waals surface area contributed by atoms with Crippen molar-refractivity contribution in [3.05, 3.63) is 48.0 Å². The molecule has 0 spiro atoms. The van der Waals surface area contributed by atoms with E-state index in [0.717, 1.165) is 0 Å². The van der Waals surface area contributed by atoms with Crippen LogP contribution in [0.3, 0.4) is 0 Å². The summed E-state index contributed by atoms with van der Waals surface area (Å²) in [4.78, 5) is 0.